The van der Waals surface area contributed by atoms with Gasteiger partial charge in [0.25, 0.3) is 5.91 Å². The molecule has 0 unspecified atom stereocenters. The molecule has 0 radical (unpaired) electrons. The SMILES string of the molecule is Cc1ccc2nc(COc3cccc(C(=O)Nc4ccc(-c5n[nH]c(C6CC6)n5)cc4)c3)cn2c1. The molecule has 0 bridgehead atoms. The van der Waals surface area contributed by atoms with Crippen molar-refractivity contribution in [2.45, 2.75) is 32.3 Å². The first-order valence-electron chi connectivity index (χ1n) is 11.6. The summed E-state index contributed by atoms with van der Waals surface area (Å²) >= 11 is 0. The summed E-state index contributed by atoms with van der Waals surface area (Å²) in [6.07, 6.45) is 6.33. The summed E-state index contributed by atoms with van der Waals surface area (Å²) in [7, 11) is 0. The first kappa shape index (κ1) is 21.1. The van der Waals surface area contributed by atoms with E-state index in [0.29, 0.717) is 35.3 Å². The largest absolute Gasteiger partial charge is 0.487 e. The lowest BCUT2D eigenvalue weighted by Crippen LogP contribution is -2.12. The molecule has 3 heterocycles. The van der Waals surface area contributed by atoms with Crippen molar-refractivity contribution in [1.82, 2.24) is 24.6 Å². The van der Waals surface area contributed by atoms with Crippen LogP contribution in [0.15, 0.2) is 73.1 Å². The number of hydrogen-bond donors (Lipinski definition) is 2. The van der Waals surface area contributed by atoms with Crippen LogP contribution in [0, 0.1) is 6.92 Å². The van der Waals surface area contributed by atoms with Crippen molar-refractivity contribution in [3.8, 4) is 17.1 Å². The minimum atomic E-state index is -0.208. The Hall–Kier alpha value is -4.46. The molecule has 2 aromatic carbocycles. The molecule has 0 atom stereocenters. The van der Waals surface area contributed by atoms with E-state index in [1.54, 1.807) is 18.2 Å². The number of aromatic nitrogens is 5. The third kappa shape index (κ3) is 4.63. The third-order valence-electron chi connectivity index (χ3n) is 6.00. The average Bonchev–Trinajstić information content (AvgIpc) is 3.46. The van der Waals surface area contributed by atoms with E-state index in [9.17, 15) is 4.79 Å². The molecule has 0 aliphatic heterocycles. The topological polar surface area (TPSA) is 97.2 Å². The number of carbonyl (C=O) groups excluding carboxylic acids is 1. The van der Waals surface area contributed by atoms with Gasteiger partial charge in [0.2, 0.25) is 0 Å². The van der Waals surface area contributed by atoms with Crippen LogP contribution >= 0.6 is 0 Å². The van der Waals surface area contributed by atoms with Crippen LogP contribution in [0.25, 0.3) is 17.0 Å². The molecule has 0 spiro atoms. The monoisotopic (exact) mass is 464 g/mol. The summed E-state index contributed by atoms with van der Waals surface area (Å²) in [5.41, 5.74) is 4.98. The van der Waals surface area contributed by atoms with E-state index in [2.05, 4.69) is 25.5 Å². The summed E-state index contributed by atoms with van der Waals surface area (Å²) < 4.78 is 7.89. The number of nitrogens with zero attached hydrogens (tertiary/aromatic N) is 4. The number of nitrogens with one attached hydrogen (secondary N) is 2. The summed E-state index contributed by atoms with van der Waals surface area (Å²) in [5.74, 6) is 2.56. The van der Waals surface area contributed by atoms with Crippen molar-refractivity contribution in [1.29, 1.82) is 0 Å². The number of ether oxygens (including phenoxy) is 1. The first-order valence-corrected chi connectivity index (χ1v) is 11.6. The fourth-order valence-corrected chi connectivity index (χ4v) is 3.96. The molecule has 1 aliphatic carbocycles. The predicted molar refractivity (Wildman–Crippen MR) is 132 cm³/mol. The number of imidazole rings is 1. The molecule has 3 aromatic heterocycles. The Kier molecular flexibility index (Phi) is 5.25. The van der Waals surface area contributed by atoms with E-state index in [1.807, 2.05) is 66.2 Å². The van der Waals surface area contributed by atoms with E-state index in [-0.39, 0.29) is 5.91 Å². The Morgan fingerprint density at radius 3 is 2.77 bits per heavy atom. The van der Waals surface area contributed by atoms with E-state index in [0.717, 1.165) is 28.3 Å². The molecule has 5 aromatic rings. The Labute approximate surface area is 202 Å². The zero-order chi connectivity index (χ0) is 23.8. The number of hydrogen-bond acceptors (Lipinski definition) is 5. The van der Waals surface area contributed by atoms with Crippen LogP contribution in [0.1, 0.15) is 46.2 Å². The highest BCUT2D eigenvalue weighted by molar-refractivity contribution is 6.04. The van der Waals surface area contributed by atoms with Crippen molar-refractivity contribution >= 4 is 17.2 Å². The lowest BCUT2D eigenvalue weighted by molar-refractivity contribution is 0.102. The van der Waals surface area contributed by atoms with Crippen molar-refractivity contribution < 1.29 is 9.53 Å². The van der Waals surface area contributed by atoms with Crippen LogP contribution in [-0.4, -0.2) is 30.5 Å². The number of benzene rings is 2. The highest BCUT2D eigenvalue weighted by Gasteiger charge is 2.27. The van der Waals surface area contributed by atoms with Crippen LogP contribution in [0.4, 0.5) is 5.69 Å². The fourth-order valence-electron chi connectivity index (χ4n) is 3.96. The summed E-state index contributed by atoms with van der Waals surface area (Å²) in [6, 6.07) is 18.7. The number of anilines is 1. The van der Waals surface area contributed by atoms with E-state index in [1.165, 1.54) is 12.8 Å². The quantitative estimate of drug-likeness (QED) is 0.348. The molecule has 1 saturated carbocycles. The second kappa shape index (κ2) is 8.72. The summed E-state index contributed by atoms with van der Waals surface area (Å²) in [4.78, 5) is 22.0. The van der Waals surface area contributed by atoms with Gasteiger partial charge in [0, 0.05) is 35.1 Å². The molecular weight excluding hydrogens is 440 g/mol. The zero-order valence-corrected chi connectivity index (χ0v) is 19.2. The average molecular weight is 465 g/mol. The number of carbonyl (C=O) groups is 1. The van der Waals surface area contributed by atoms with E-state index in [4.69, 9.17) is 4.74 Å². The van der Waals surface area contributed by atoms with Crippen molar-refractivity contribution in [3.05, 3.63) is 95.7 Å². The molecule has 1 fully saturated rings. The van der Waals surface area contributed by atoms with Gasteiger partial charge in [-0.2, -0.15) is 5.10 Å². The second-order valence-electron chi connectivity index (χ2n) is 8.87. The number of aromatic amines is 1. The Morgan fingerprint density at radius 1 is 1.09 bits per heavy atom. The van der Waals surface area contributed by atoms with Crippen LogP contribution in [0.3, 0.4) is 0 Å². The van der Waals surface area contributed by atoms with Gasteiger partial charge in [0.1, 0.15) is 23.8 Å². The van der Waals surface area contributed by atoms with Gasteiger partial charge < -0.3 is 14.5 Å². The van der Waals surface area contributed by atoms with Gasteiger partial charge in [0.05, 0.1) is 5.69 Å². The number of fused-ring (bicyclic) bond motifs is 1. The number of aryl methyl sites for hydroxylation is 1. The first-order chi connectivity index (χ1) is 17.1. The van der Waals surface area contributed by atoms with Gasteiger partial charge in [-0.1, -0.05) is 12.1 Å². The molecule has 35 heavy (non-hydrogen) atoms. The Balaban J connectivity index is 1.09. The number of amides is 1. The maximum absolute atomic E-state index is 12.8. The molecule has 2 N–H and O–H groups in total. The number of H-pyrrole nitrogens is 1. The predicted octanol–water partition coefficient (Wildman–Crippen LogP) is 5.14. The second-order valence-corrected chi connectivity index (χ2v) is 8.87. The molecule has 1 amide bonds. The lowest BCUT2D eigenvalue weighted by atomic mass is 10.1. The number of pyridine rings is 1. The van der Waals surface area contributed by atoms with Gasteiger partial charge in [0.15, 0.2) is 5.82 Å². The smallest absolute Gasteiger partial charge is 0.255 e. The molecule has 6 rings (SSSR count). The minimum Gasteiger partial charge on any atom is -0.487 e. The Bertz CT molecular complexity index is 1510. The maximum Gasteiger partial charge on any atom is 0.255 e. The standard InChI is InChI=1S/C27H24N6O2/c1-17-5-12-24-28-22(15-33(24)14-17)16-35-23-4-2-3-20(13-23)27(34)29-21-10-8-19(9-11-21)26-30-25(31-32-26)18-6-7-18/h2-5,8-15,18H,6-7,16H2,1H3,(H,29,34)(H,30,31,32). The molecular formula is C27H24N6O2. The molecule has 0 saturated heterocycles. The van der Waals surface area contributed by atoms with Gasteiger partial charge in [-0.15, -0.1) is 0 Å². The van der Waals surface area contributed by atoms with Gasteiger partial charge in [-0.25, -0.2) is 9.97 Å². The van der Waals surface area contributed by atoms with Gasteiger partial charge in [-0.3, -0.25) is 9.89 Å². The molecule has 8 heteroatoms. The molecule has 174 valence electrons. The van der Waals surface area contributed by atoms with Crippen LogP contribution in [-0.2, 0) is 6.61 Å². The highest BCUT2D eigenvalue weighted by Crippen LogP contribution is 2.38. The van der Waals surface area contributed by atoms with Gasteiger partial charge >= 0.3 is 0 Å². The summed E-state index contributed by atoms with van der Waals surface area (Å²) in [5, 5.41) is 10.3. The molecule has 8 nitrogen and oxygen atoms in total. The Morgan fingerprint density at radius 2 is 1.94 bits per heavy atom. The minimum absolute atomic E-state index is 0.208. The molecule has 1 aliphatic rings. The third-order valence-corrected chi connectivity index (χ3v) is 6.00. The van der Waals surface area contributed by atoms with E-state index >= 15 is 0 Å². The van der Waals surface area contributed by atoms with Crippen LogP contribution in [0.5, 0.6) is 5.75 Å². The zero-order valence-electron chi connectivity index (χ0n) is 19.2. The van der Waals surface area contributed by atoms with Crippen molar-refractivity contribution in [2.24, 2.45) is 0 Å². The van der Waals surface area contributed by atoms with Crippen LogP contribution in [0.2, 0.25) is 0 Å². The number of rotatable bonds is 7. The van der Waals surface area contributed by atoms with E-state index < -0.39 is 0 Å². The fraction of sp³-hybridized carbons (Fsp3) is 0.185. The normalized spacial score (nSPS) is 13.2. The lowest BCUT2D eigenvalue weighted by Gasteiger charge is -2.08. The maximum atomic E-state index is 12.8. The summed E-state index contributed by atoms with van der Waals surface area (Å²) in [6.45, 7) is 2.36. The van der Waals surface area contributed by atoms with Crippen LogP contribution < -0.4 is 10.1 Å². The highest BCUT2D eigenvalue weighted by atomic mass is 16.5. The van der Waals surface area contributed by atoms with Crippen molar-refractivity contribution in [2.75, 3.05) is 5.32 Å². The van der Waals surface area contributed by atoms with Crippen molar-refractivity contribution in [3.63, 3.8) is 0 Å². The van der Waals surface area contributed by atoms with Gasteiger partial charge in [-0.05, 0) is 73.9 Å².